The summed E-state index contributed by atoms with van der Waals surface area (Å²) in [6.45, 7) is 7.21. The molecule has 0 aromatic heterocycles. The first-order valence-electron chi connectivity index (χ1n) is 14.4. The molecule has 0 saturated heterocycles. The van der Waals surface area contributed by atoms with Crippen LogP contribution in [0.4, 0.5) is 0 Å². The number of rotatable bonds is 26. The summed E-state index contributed by atoms with van der Waals surface area (Å²) < 4.78 is 12.1. The molecule has 0 radical (unpaired) electrons. The zero-order valence-electron chi connectivity index (χ0n) is 23.0. The molecule has 3 nitrogen and oxygen atoms in total. The van der Waals surface area contributed by atoms with Crippen LogP contribution in [-0.2, 0) is 9.47 Å². The van der Waals surface area contributed by atoms with E-state index in [1.54, 1.807) is 0 Å². The largest absolute Gasteiger partial charge is 0.353 e. The van der Waals surface area contributed by atoms with Crippen molar-refractivity contribution in [2.45, 2.75) is 136 Å². The van der Waals surface area contributed by atoms with Gasteiger partial charge in [0, 0.05) is 26.2 Å². The third-order valence-corrected chi connectivity index (χ3v) is 6.01. The second-order valence-electron chi connectivity index (χ2n) is 9.76. The molecule has 0 saturated carbocycles. The van der Waals surface area contributed by atoms with Gasteiger partial charge in [-0.15, -0.1) is 0 Å². The Balaban J connectivity index is 3.59. The van der Waals surface area contributed by atoms with Crippen LogP contribution in [0.3, 0.4) is 0 Å². The average molecular weight is 466 g/mol. The van der Waals surface area contributed by atoms with Crippen molar-refractivity contribution in [1.82, 2.24) is 4.90 Å². The molecule has 0 aliphatic heterocycles. The molecule has 0 spiro atoms. The van der Waals surface area contributed by atoms with Crippen molar-refractivity contribution < 1.29 is 9.47 Å². The topological polar surface area (TPSA) is 21.7 Å². The first-order chi connectivity index (χ1) is 16.2. The summed E-state index contributed by atoms with van der Waals surface area (Å²) in [5, 5.41) is 0. The van der Waals surface area contributed by atoms with Crippen LogP contribution in [0.5, 0.6) is 0 Å². The van der Waals surface area contributed by atoms with Crippen molar-refractivity contribution in [3.05, 3.63) is 24.3 Å². The predicted molar refractivity (Wildman–Crippen MR) is 147 cm³/mol. The van der Waals surface area contributed by atoms with Gasteiger partial charge in [0.25, 0.3) is 0 Å². The van der Waals surface area contributed by atoms with Crippen LogP contribution in [0.1, 0.15) is 129 Å². The number of unbranched alkanes of at least 4 members (excludes halogenated alkanes) is 13. The smallest absolute Gasteiger partial charge is 0.158 e. The van der Waals surface area contributed by atoms with E-state index >= 15 is 0 Å². The molecule has 0 aliphatic carbocycles. The Kier molecular flexibility index (Phi) is 27.1. The van der Waals surface area contributed by atoms with Crippen LogP contribution >= 0.6 is 0 Å². The number of nitrogens with zero attached hydrogens (tertiary/aromatic N) is 1. The molecule has 0 bridgehead atoms. The third-order valence-electron chi connectivity index (χ3n) is 6.01. The second-order valence-corrected chi connectivity index (χ2v) is 9.76. The standard InChI is InChI=1S/C30H59NO2/c1-5-7-9-11-12-13-14-15-16-17-18-19-20-21-23-25-29-33-30(26-27-31(3)4)32-28-24-22-10-8-6-2/h12-13,15-16,30H,5-11,14,17-29H2,1-4H3/b13-12-,16-15-. The van der Waals surface area contributed by atoms with Gasteiger partial charge in [-0.2, -0.15) is 0 Å². The van der Waals surface area contributed by atoms with Crippen LogP contribution in [0.25, 0.3) is 0 Å². The molecule has 1 unspecified atom stereocenters. The SMILES string of the molecule is CCCCC/C=C\C/C=C\CCCCCCCCOC(CCN(C)C)OCCCCCCC. The van der Waals surface area contributed by atoms with Crippen molar-refractivity contribution in [2.24, 2.45) is 0 Å². The lowest BCUT2D eigenvalue weighted by atomic mass is 10.1. The van der Waals surface area contributed by atoms with Gasteiger partial charge in [-0.25, -0.2) is 0 Å². The van der Waals surface area contributed by atoms with Crippen LogP contribution in [0, 0.1) is 0 Å². The van der Waals surface area contributed by atoms with Gasteiger partial charge in [0.1, 0.15) is 0 Å². The maximum atomic E-state index is 6.08. The molecular weight excluding hydrogens is 406 g/mol. The molecule has 0 N–H and O–H groups in total. The first kappa shape index (κ1) is 32.4. The molecular formula is C30H59NO2. The first-order valence-corrected chi connectivity index (χ1v) is 14.4. The van der Waals surface area contributed by atoms with Crippen molar-refractivity contribution in [3.8, 4) is 0 Å². The molecule has 3 heteroatoms. The number of ether oxygens (including phenoxy) is 2. The molecule has 0 aromatic rings. The van der Waals surface area contributed by atoms with Gasteiger partial charge in [-0.1, -0.05) is 102 Å². The van der Waals surface area contributed by atoms with E-state index in [0.29, 0.717) is 0 Å². The van der Waals surface area contributed by atoms with E-state index < -0.39 is 0 Å². The Bertz CT molecular complexity index is 420. The van der Waals surface area contributed by atoms with Gasteiger partial charge in [-0.3, -0.25) is 0 Å². The van der Waals surface area contributed by atoms with Gasteiger partial charge in [0.05, 0.1) is 0 Å². The maximum Gasteiger partial charge on any atom is 0.158 e. The zero-order valence-corrected chi connectivity index (χ0v) is 23.0. The lowest BCUT2D eigenvalue weighted by Gasteiger charge is -2.20. The Labute approximate surface area is 208 Å². The summed E-state index contributed by atoms with van der Waals surface area (Å²) >= 11 is 0. The fourth-order valence-corrected chi connectivity index (χ4v) is 3.80. The zero-order chi connectivity index (χ0) is 24.2. The van der Waals surface area contributed by atoms with Crippen LogP contribution < -0.4 is 0 Å². The predicted octanol–water partition coefficient (Wildman–Crippen LogP) is 9.08. The van der Waals surface area contributed by atoms with Crippen LogP contribution in [0.15, 0.2) is 24.3 Å². The Hall–Kier alpha value is -0.640. The molecule has 33 heavy (non-hydrogen) atoms. The third kappa shape index (κ3) is 27.5. The van der Waals surface area contributed by atoms with Crippen molar-refractivity contribution in [3.63, 3.8) is 0 Å². The van der Waals surface area contributed by atoms with Gasteiger partial charge in [0.2, 0.25) is 0 Å². The van der Waals surface area contributed by atoms with Crippen LogP contribution in [-0.4, -0.2) is 45.0 Å². The molecule has 196 valence electrons. The Morgan fingerprint density at radius 3 is 1.58 bits per heavy atom. The number of hydrogen-bond donors (Lipinski definition) is 0. The van der Waals surface area contributed by atoms with Gasteiger partial charge < -0.3 is 14.4 Å². The molecule has 0 heterocycles. The van der Waals surface area contributed by atoms with Crippen molar-refractivity contribution in [1.29, 1.82) is 0 Å². The van der Waals surface area contributed by atoms with E-state index in [2.05, 4.69) is 57.1 Å². The van der Waals surface area contributed by atoms with Crippen LogP contribution in [0.2, 0.25) is 0 Å². The fourth-order valence-electron chi connectivity index (χ4n) is 3.80. The average Bonchev–Trinajstić information content (AvgIpc) is 2.81. The highest BCUT2D eigenvalue weighted by atomic mass is 16.7. The molecule has 0 amide bonds. The molecule has 0 rings (SSSR count). The summed E-state index contributed by atoms with van der Waals surface area (Å²) in [4.78, 5) is 2.21. The van der Waals surface area contributed by atoms with Crippen molar-refractivity contribution in [2.75, 3.05) is 33.9 Å². The highest BCUT2D eigenvalue weighted by Gasteiger charge is 2.10. The monoisotopic (exact) mass is 465 g/mol. The van der Waals surface area contributed by atoms with Gasteiger partial charge >= 0.3 is 0 Å². The summed E-state index contributed by atoms with van der Waals surface area (Å²) in [5.74, 6) is 0. The summed E-state index contributed by atoms with van der Waals surface area (Å²) in [6, 6.07) is 0. The highest BCUT2D eigenvalue weighted by molar-refractivity contribution is 4.92. The molecule has 1 atom stereocenters. The summed E-state index contributed by atoms with van der Waals surface area (Å²) in [5.41, 5.74) is 0. The van der Waals surface area contributed by atoms with E-state index in [1.807, 2.05) is 0 Å². The normalized spacial score (nSPS) is 13.1. The molecule has 0 aliphatic rings. The minimum atomic E-state index is -0.0310. The summed E-state index contributed by atoms with van der Waals surface area (Å²) in [6.07, 6.45) is 32.1. The number of hydrogen-bond acceptors (Lipinski definition) is 3. The quantitative estimate of drug-likeness (QED) is 0.0722. The summed E-state index contributed by atoms with van der Waals surface area (Å²) in [7, 11) is 4.23. The minimum absolute atomic E-state index is 0.0310. The lowest BCUT2D eigenvalue weighted by molar-refractivity contribution is -0.148. The Morgan fingerprint density at radius 1 is 0.576 bits per heavy atom. The van der Waals surface area contributed by atoms with E-state index in [9.17, 15) is 0 Å². The maximum absolute atomic E-state index is 6.08. The van der Waals surface area contributed by atoms with E-state index in [0.717, 1.165) is 45.4 Å². The second kappa shape index (κ2) is 27.6. The number of allylic oxidation sites excluding steroid dienone is 4. The van der Waals surface area contributed by atoms with Crippen molar-refractivity contribution >= 4 is 0 Å². The van der Waals surface area contributed by atoms with Gasteiger partial charge in [0.15, 0.2) is 6.29 Å². The molecule has 0 fully saturated rings. The minimum Gasteiger partial charge on any atom is -0.353 e. The highest BCUT2D eigenvalue weighted by Crippen LogP contribution is 2.11. The van der Waals surface area contributed by atoms with E-state index in [-0.39, 0.29) is 6.29 Å². The van der Waals surface area contributed by atoms with Gasteiger partial charge in [-0.05, 0) is 59.0 Å². The molecule has 0 aromatic carbocycles. The van der Waals surface area contributed by atoms with E-state index in [4.69, 9.17) is 9.47 Å². The fraction of sp³-hybridized carbons (Fsp3) is 0.867. The lowest BCUT2D eigenvalue weighted by Crippen LogP contribution is -2.25. The van der Waals surface area contributed by atoms with E-state index in [1.165, 1.54) is 89.9 Å². The Morgan fingerprint density at radius 2 is 1.03 bits per heavy atom.